The van der Waals surface area contributed by atoms with Gasteiger partial charge in [0.2, 0.25) is 0 Å². The first-order chi connectivity index (χ1) is 23.9. The van der Waals surface area contributed by atoms with Crippen LogP contribution in [0.15, 0.2) is 60.4 Å². The normalized spacial score (nSPS) is 11.4. The molecule has 264 valence electrons. The molecule has 2 aromatic carbocycles. The van der Waals surface area contributed by atoms with Crippen LogP contribution in [0.25, 0.3) is 31.8 Å². The maximum absolute atomic E-state index is 12.4. The van der Waals surface area contributed by atoms with Gasteiger partial charge in [0, 0.05) is 37.5 Å². The highest BCUT2D eigenvalue weighted by Gasteiger charge is 2.18. The number of hydrogen-bond acceptors (Lipinski definition) is 11. The maximum atomic E-state index is 12.4. The number of fused-ring (bicyclic) bond motifs is 1. The Bertz CT molecular complexity index is 1930. The number of aryl methyl sites for hydroxylation is 1. The van der Waals surface area contributed by atoms with Crippen molar-refractivity contribution in [3.63, 3.8) is 0 Å². The molecule has 13 heteroatoms. The molecule has 0 atom stereocenters. The minimum atomic E-state index is -0.576. The van der Waals surface area contributed by atoms with Crippen LogP contribution in [0.1, 0.15) is 58.7 Å². The average molecular weight is 717 g/mol. The molecule has 3 aromatic heterocycles. The topological polar surface area (TPSA) is 128 Å². The standard InChI is InChI=1S/C37H44N6O5S2/c1-23(2)47-36(45)43(7)29-16-28(19-38-21-29)25-12-13-30-32(18-25)50-34(42-30)39-14-8-9-15-46-31-17-26(33-24(3)41-22-49-33)10-11-27(31)20-40-35(44)48-37(4,5)6/h10-13,16-19,21-23H,8-9,14-15,20H2,1-7H3,(H,39,42)(H,40,44). The van der Waals surface area contributed by atoms with Crippen molar-refractivity contribution in [2.75, 3.05) is 30.4 Å². The second-order valence-corrected chi connectivity index (χ2v) is 14.9. The van der Waals surface area contributed by atoms with E-state index in [1.807, 2.05) is 83.5 Å². The van der Waals surface area contributed by atoms with Crippen LogP contribution in [0.5, 0.6) is 5.75 Å². The van der Waals surface area contributed by atoms with Crippen LogP contribution in [0, 0.1) is 6.92 Å². The zero-order valence-corrected chi connectivity index (χ0v) is 31.2. The van der Waals surface area contributed by atoms with E-state index >= 15 is 0 Å². The van der Waals surface area contributed by atoms with E-state index in [4.69, 9.17) is 19.2 Å². The molecule has 5 rings (SSSR count). The number of amides is 2. The minimum Gasteiger partial charge on any atom is -0.493 e. The van der Waals surface area contributed by atoms with Gasteiger partial charge in [-0.2, -0.15) is 0 Å². The highest BCUT2D eigenvalue weighted by molar-refractivity contribution is 7.22. The lowest BCUT2D eigenvalue weighted by atomic mass is 10.1. The van der Waals surface area contributed by atoms with Crippen molar-refractivity contribution in [1.29, 1.82) is 0 Å². The Morgan fingerprint density at radius 3 is 2.54 bits per heavy atom. The number of carbonyl (C=O) groups excluding carboxylic acids is 2. The third-order valence-corrected chi connectivity index (χ3v) is 9.40. The summed E-state index contributed by atoms with van der Waals surface area (Å²) >= 11 is 3.19. The zero-order valence-electron chi connectivity index (χ0n) is 29.5. The molecule has 0 radical (unpaired) electrons. The number of benzene rings is 2. The Labute approximate surface area is 301 Å². The van der Waals surface area contributed by atoms with Gasteiger partial charge in [-0.05, 0) is 89.8 Å². The minimum absolute atomic E-state index is 0.206. The molecule has 0 aliphatic carbocycles. The first-order valence-electron chi connectivity index (χ1n) is 16.5. The van der Waals surface area contributed by atoms with Crippen LogP contribution in [0.2, 0.25) is 0 Å². The Morgan fingerprint density at radius 2 is 1.80 bits per heavy atom. The number of nitrogens with one attached hydrogen (secondary N) is 2. The van der Waals surface area contributed by atoms with E-state index in [2.05, 4.69) is 26.7 Å². The number of hydrogen-bond donors (Lipinski definition) is 2. The van der Waals surface area contributed by atoms with Crippen LogP contribution in [0.4, 0.5) is 20.4 Å². The van der Waals surface area contributed by atoms with Crippen LogP contribution in [-0.2, 0) is 16.0 Å². The molecule has 0 bridgehead atoms. The van der Waals surface area contributed by atoms with Gasteiger partial charge >= 0.3 is 12.2 Å². The van der Waals surface area contributed by atoms with Crippen LogP contribution in [0.3, 0.4) is 0 Å². The molecule has 2 amide bonds. The zero-order chi connectivity index (χ0) is 35.8. The van der Waals surface area contributed by atoms with Crippen LogP contribution < -0.4 is 20.3 Å². The van der Waals surface area contributed by atoms with Crippen molar-refractivity contribution >= 4 is 55.9 Å². The first kappa shape index (κ1) is 36.5. The number of aromatic nitrogens is 3. The smallest absolute Gasteiger partial charge is 0.414 e. The molecule has 0 spiro atoms. The van der Waals surface area contributed by atoms with Gasteiger partial charge in [-0.15, -0.1) is 11.3 Å². The van der Waals surface area contributed by atoms with E-state index in [1.165, 1.54) is 4.90 Å². The molecule has 2 N–H and O–H groups in total. The van der Waals surface area contributed by atoms with Gasteiger partial charge in [-0.25, -0.2) is 19.6 Å². The molecule has 0 aliphatic heterocycles. The number of unbranched alkanes of at least 4 members (excludes halogenated alkanes) is 1. The van der Waals surface area contributed by atoms with Gasteiger partial charge < -0.3 is 24.8 Å². The fourth-order valence-electron chi connectivity index (χ4n) is 4.98. The Morgan fingerprint density at radius 1 is 1.00 bits per heavy atom. The molecular formula is C37H44N6O5S2. The predicted molar refractivity (Wildman–Crippen MR) is 201 cm³/mol. The van der Waals surface area contributed by atoms with Crippen molar-refractivity contribution in [1.82, 2.24) is 20.3 Å². The third kappa shape index (κ3) is 9.91. The highest BCUT2D eigenvalue weighted by atomic mass is 32.1. The lowest BCUT2D eigenvalue weighted by Gasteiger charge is -2.20. The number of ether oxygens (including phenoxy) is 3. The summed E-state index contributed by atoms with van der Waals surface area (Å²) in [4.78, 5) is 40.7. The van der Waals surface area contributed by atoms with E-state index in [9.17, 15) is 9.59 Å². The van der Waals surface area contributed by atoms with Gasteiger partial charge in [0.05, 0.1) is 50.9 Å². The van der Waals surface area contributed by atoms with Crippen molar-refractivity contribution in [2.45, 2.75) is 72.6 Å². The van der Waals surface area contributed by atoms with E-state index in [1.54, 1.807) is 42.1 Å². The molecule has 5 aromatic rings. The van der Waals surface area contributed by atoms with Gasteiger partial charge in [0.1, 0.15) is 11.4 Å². The van der Waals surface area contributed by atoms with Crippen molar-refractivity contribution in [3.8, 4) is 27.3 Å². The van der Waals surface area contributed by atoms with E-state index in [0.29, 0.717) is 18.8 Å². The van der Waals surface area contributed by atoms with Gasteiger partial charge in [0.15, 0.2) is 5.13 Å². The van der Waals surface area contributed by atoms with Crippen molar-refractivity contribution < 1.29 is 23.8 Å². The summed E-state index contributed by atoms with van der Waals surface area (Å²) in [6, 6.07) is 14.1. The summed E-state index contributed by atoms with van der Waals surface area (Å²) < 4.78 is 18.1. The third-order valence-electron chi connectivity index (χ3n) is 7.45. The molecule has 11 nitrogen and oxygen atoms in total. The molecule has 0 fully saturated rings. The first-order valence-corrected chi connectivity index (χ1v) is 18.2. The van der Waals surface area contributed by atoms with Gasteiger partial charge in [-0.1, -0.05) is 29.5 Å². The maximum Gasteiger partial charge on any atom is 0.414 e. The number of anilines is 2. The second kappa shape index (κ2) is 16.3. The number of alkyl carbamates (subject to hydrolysis) is 1. The molecule has 0 unspecified atom stereocenters. The molecule has 50 heavy (non-hydrogen) atoms. The van der Waals surface area contributed by atoms with E-state index in [-0.39, 0.29) is 6.10 Å². The lowest BCUT2D eigenvalue weighted by molar-refractivity contribution is 0.0523. The van der Waals surface area contributed by atoms with E-state index < -0.39 is 17.8 Å². The Kier molecular flexibility index (Phi) is 11.9. The summed E-state index contributed by atoms with van der Waals surface area (Å²) in [6.07, 6.45) is 4.04. The predicted octanol–water partition coefficient (Wildman–Crippen LogP) is 9.07. The monoisotopic (exact) mass is 716 g/mol. The lowest BCUT2D eigenvalue weighted by Crippen LogP contribution is -2.32. The van der Waals surface area contributed by atoms with Crippen molar-refractivity contribution in [2.24, 2.45) is 0 Å². The molecule has 0 saturated carbocycles. The fraction of sp³-hybridized carbons (Fsp3) is 0.378. The summed E-state index contributed by atoms with van der Waals surface area (Å²) in [7, 11) is 1.67. The second-order valence-electron chi connectivity index (χ2n) is 13.1. The van der Waals surface area contributed by atoms with Gasteiger partial charge in [0.25, 0.3) is 0 Å². The largest absolute Gasteiger partial charge is 0.493 e. The molecular weight excluding hydrogens is 673 g/mol. The Balaban J connectivity index is 1.16. The van der Waals surface area contributed by atoms with Crippen molar-refractivity contribution in [3.05, 3.63) is 71.6 Å². The summed E-state index contributed by atoms with van der Waals surface area (Å²) in [5.74, 6) is 0.726. The number of rotatable bonds is 13. The van der Waals surface area contributed by atoms with Gasteiger partial charge in [-0.3, -0.25) is 9.88 Å². The van der Waals surface area contributed by atoms with Crippen LogP contribution in [-0.4, -0.2) is 59.0 Å². The summed E-state index contributed by atoms with van der Waals surface area (Å²) in [5.41, 5.74) is 7.58. The summed E-state index contributed by atoms with van der Waals surface area (Å²) in [6.45, 7) is 12.7. The number of pyridine rings is 1. The van der Waals surface area contributed by atoms with E-state index in [0.717, 1.165) is 73.3 Å². The number of thiazole rings is 2. The number of carbonyl (C=O) groups is 2. The molecule has 3 heterocycles. The summed E-state index contributed by atoms with van der Waals surface area (Å²) in [5, 5.41) is 7.15. The molecule has 0 saturated heterocycles. The number of nitrogens with zero attached hydrogens (tertiary/aromatic N) is 4. The highest BCUT2D eigenvalue weighted by Crippen LogP contribution is 2.33. The molecule has 0 aliphatic rings. The SMILES string of the molecule is Cc1ncsc1-c1ccc(CNC(=O)OC(C)(C)C)c(OCCCCNc2nc3ccc(-c4cncc(N(C)C(=O)OC(C)C)c4)cc3s2)c1. The average Bonchev–Trinajstić information content (AvgIpc) is 3.69. The quantitative estimate of drug-likeness (QED) is 0.115. The van der Waals surface area contributed by atoms with Crippen LogP contribution >= 0.6 is 22.7 Å². The Hall–Kier alpha value is -4.75. The fourth-order valence-corrected chi connectivity index (χ4v) is 6.71.